The van der Waals surface area contributed by atoms with Crippen LogP contribution in [0.25, 0.3) is 0 Å². The van der Waals surface area contributed by atoms with Crippen molar-refractivity contribution in [3.05, 3.63) is 23.8 Å². The number of ether oxygens (including phenoxy) is 1. The van der Waals surface area contributed by atoms with E-state index < -0.39 is 0 Å². The summed E-state index contributed by atoms with van der Waals surface area (Å²) in [6.45, 7) is 1.96. The van der Waals surface area contributed by atoms with Crippen molar-refractivity contribution in [3.63, 3.8) is 0 Å². The molecule has 70 valence electrons. The van der Waals surface area contributed by atoms with Gasteiger partial charge in [0.2, 0.25) is 0 Å². The van der Waals surface area contributed by atoms with Gasteiger partial charge in [0.05, 0.1) is 7.11 Å². The number of hydrogen-bond donors (Lipinski definition) is 2. The second-order valence-corrected chi connectivity index (χ2v) is 3.11. The average molecular weight is 196 g/mol. The van der Waals surface area contributed by atoms with Crippen molar-refractivity contribution >= 4 is 23.0 Å². The number of nitrogens with two attached hydrogens (primary N) is 1. The minimum Gasteiger partial charge on any atom is -0.497 e. The third-order valence-electron chi connectivity index (χ3n) is 1.69. The molecule has 1 aromatic carbocycles. The number of methoxy groups -OCH3 is 1. The van der Waals surface area contributed by atoms with Crippen molar-refractivity contribution in [1.82, 2.24) is 0 Å². The van der Waals surface area contributed by atoms with E-state index >= 15 is 0 Å². The molecule has 0 atom stereocenters. The van der Waals surface area contributed by atoms with E-state index in [-0.39, 0.29) is 5.11 Å². The number of anilines is 1. The number of aryl methyl sites for hydroxylation is 1. The highest BCUT2D eigenvalue weighted by molar-refractivity contribution is 7.80. The maximum atomic E-state index is 5.35. The van der Waals surface area contributed by atoms with Crippen LogP contribution in [0.15, 0.2) is 18.2 Å². The third kappa shape index (κ3) is 2.59. The Morgan fingerprint density at radius 2 is 2.23 bits per heavy atom. The highest BCUT2D eigenvalue weighted by Gasteiger charge is 1.99. The van der Waals surface area contributed by atoms with Crippen molar-refractivity contribution in [1.29, 1.82) is 0 Å². The molecule has 0 fully saturated rings. The van der Waals surface area contributed by atoms with E-state index in [0.717, 1.165) is 17.0 Å². The van der Waals surface area contributed by atoms with E-state index in [4.69, 9.17) is 22.7 Å². The summed E-state index contributed by atoms with van der Waals surface area (Å²) in [5.41, 5.74) is 7.31. The van der Waals surface area contributed by atoms with E-state index in [1.165, 1.54) is 0 Å². The highest BCUT2D eigenvalue weighted by atomic mass is 32.1. The topological polar surface area (TPSA) is 47.3 Å². The van der Waals surface area contributed by atoms with Crippen LogP contribution in [0, 0.1) is 6.92 Å². The van der Waals surface area contributed by atoms with Gasteiger partial charge in [-0.15, -0.1) is 0 Å². The number of rotatable bonds is 2. The van der Waals surface area contributed by atoms with E-state index in [1.807, 2.05) is 25.1 Å². The Hall–Kier alpha value is -1.29. The molecule has 13 heavy (non-hydrogen) atoms. The lowest BCUT2D eigenvalue weighted by Gasteiger charge is -2.08. The van der Waals surface area contributed by atoms with Crippen LogP contribution in [0.3, 0.4) is 0 Å². The molecule has 0 aliphatic heterocycles. The molecule has 0 spiro atoms. The zero-order valence-electron chi connectivity index (χ0n) is 7.63. The van der Waals surface area contributed by atoms with Gasteiger partial charge in [0.15, 0.2) is 5.11 Å². The predicted molar refractivity (Wildman–Crippen MR) is 58.1 cm³/mol. The van der Waals surface area contributed by atoms with E-state index in [2.05, 4.69) is 5.32 Å². The maximum absolute atomic E-state index is 5.35. The smallest absolute Gasteiger partial charge is 0.168 e. The van der Waals surface area contributed by atoms with E-state index in [9.17, 15) is 0 Å². The average Bonchev–Trinajstić information content (AvgIpc) is 2.08. The summed E-state index contributed by atoms with van der Waals surface area (Å²) in [5, 5.41) is 3.15. The van der Waals surface area contributed by atoms with Gasteiger partial charge in [0, 0.05) is 5.69 Å². The molecule has 3 N–H and O–H groups in total. The maximum Gasteiger partial charge on any atom is 0.168 e. The largest absolute Gasteiger partial charge is 0.497 e. The van der Waals surface area contributed by atoms with Crippen LogP contribution in [0.1, 0.15) is 5.56 Å². The molecule has 0 saturated heterocycles. The molecule has 0 heterocycles. The Kier molecular flexibility index (Phi) is 3.08. The Bertz CT molecular complexity index is 325. The molecule has 4 heteroatoms. The molecule has 0 unspecified atom stereocenters. The van der Waals surface area contributed by atoms with Crippen LogP contribution >= 0.6 is 12.2 Å². The van der Waals surface area contributed by atoms with Gasteiger partial charge in [0.1, 0.15) is 5.75 Å². The fraction of sp³-hybridized carbons (Fsp3) is 0.222. The summed E-state index contributed by atoms with van der Waals surface area (Å²) in [4.78, 5) is 0. The van der Waals surface area contributed by atoms with Crippen molar-refractivity contribution in [2.24, 2.45) is 5.73 Å². The minimum absolute atomic E-state index is 0.272. The summed E-state index contributed by atoms with van der Waals surface area (Å²) >= 11 is 4.73. The van der Waals surface area contributed by atoms with Gasteiger partial charge in [-0.05, 0) is 42.9 Å². The number of thiocarbonyl (C=S) groups is 1. The molecule has 0 radical (unpaired) electrons. The highest BCUT2D eigenvalue weighted by Crippen LogP contribution is 2.20. The fourth-order valence-electron chi connectivity index (χ4n) is 1.04. The van der Waals surface area contributed by atoms with E-state index in [1.54, 1.807) is 7.11 Å². The van der Waals surface area contributed by atoms with Gasteiger partial charge >= 0.3 is 0 Å². The quantitative estimate of drug-likeness (QED) is 0.706. The monoisotopic (exact) mass is 196 g/mol. The Morgan fingerprint density at radius 3 is 2.69 bits per heavy atom. The van der Waals surface area contributed by atoms with Crippen molar-refractivity contribution in [3.8, 4) is 5.75 Å². The molecule has 0 saturated carbocycles. The molecule has 0 aliphatic rings. The predicted octanol–water partition coefficient (Wildman–Crippen LogP) is 1.66. The van der Waals surface area contributed by atoms with Gasteiger partial charge in [-0.2, -0.15) is 0 Å². The molecule has 0 bridgehead atoms. The molecule has 1 aromatic rings. The Balaban J connectivity index is 2.91. The first-order valence-electron chi connectivity index (χ1n) is 3.84. The van der Waals surface area contributed by atoms with Gasteiger partial charge in [-0.25, -0.2) is 0 Å². The van der Waals surface area contributed by atoms with E-state index in [0.29, 0.717) is 0 Å². The van der Waals surface area contributed by atoms with Crippen molar-refractivity contribution in [2.75, 3.05) is 12.4 Å². The summed E-state index contributed by atoms with van der Waals surface area (Å²) < 4.78 is 5.06. The zero-order chi connectivity index (χ0) is 9.84. The van der Waals surface area contributed by atoms with Gasteiger partial charge in [-0.1, -0.05) is 0 Å². The van der Waals surface area contributed by atoms with Crippen molar-refractivity contribution in [2.45, 2.75) is 6.92 Å². The van der Waals surface area contributed by atoms with Gasteiger partial charge in [-0.3, -0.25) is 0 Å². The Morgan fingerprint density at radius 1 is 1.54 bits per heavy atom. The molecular weight excluding hydrogens is 184 g/mol. The second kappa shape index (κ2) is 4.09. The first-order valence-corrected chi connectivity index (χ1v) is 4.25. The van der Waals surface area contributed by atoms with Crippen LogP contribution in [-0.4, -0.2) is 12.2 Å². The molecule has 0 aliphatic carbocycles. The molecule has 1 rings (SSSR count). The molecular formula is C9H12N2OS. The zero-order valence-corrected chi connectivity index (χ0v) is 8.44. The van der Waals surface area contributed by atoms with Crippen molar-refractivity contribution < 1.29 is 4.74 Å². The van der Waals surface area contributed by atoms with Gasteiger partial charge < -0.3 is 15.8 Å². The first kappa shape index (κ1) is 9.80. The van der Waals surface area contributed by atoms with Crippen LogP contribution in [-0.2, 0) is 0 Å². The lowest BCUT2D eigenvalue weighted by molar-refractivity contribution is 0.414. The third-order valence-corrected chi connectivity index (χ3v) is 1.79. The van der Waals surface area contributed by atoms with Crippen LogP contribution in [0.2, 0.25) is 0 Å². The van der Waals surface area contributed by atoms with Crippen LogP contribution in [0.5, 0.6) is 5.75 Å². The summed E-state index contributed by atoms with van der Waals surface area (Å²) in [6.07, 6.45) is 0. The van der Waals surface area contributed by atoms with Crippen LogP contribution in [0.4, 0.5) is 5.69 Å². The number of hydrogen-bond acceptors (Lipinski definition) is 2. The Labute approximate surface area is 82.9 Å². The first-order chi connectivity index (χ1) is 6.13. The van der Waals surface area contributed by atoms with Crippen LogP contribution < -0.4 is 15.8 Å². The summed E-state index contributed by atoms with van der Waals surface area (Å²) in [7, 11) is 1.63. The van der Waals surface area contributed by atoms with Gasteiger partial charge in [0.25, 0.3) is 0 Å². The molecule has 0 aromatic heterocycles. The molecule has 0 amide bonds. The standard InChI is InChI=1S/C9H12N2OS/c1-6-5-7(12-2)3-4-8(6)11-9(10)13/h3-5H,1-2H3,(H3,10,11,13). The SMILES string of the molecule is COc1ccc(NC(N)=S)c(C)c1. The second-order valence-electron chi connectivity index (χ2n) is 2.67. The lowest BCUT2D eigenvalue weighted by Crippen LogP contribution is -2.19. The minimum atomic E-state index is 0.272. The number of nitrogens with one attached hydrogen (secondary N) is 1. The lowest BCUT2D eigenvalue weighted by atomic mass is 10.2. The fourth-order valence-corrected chi connectivity index (χ4v) is 1.15. The summed E-state index contributed by atoms with van der Waals surface area (Å²) in [5.74, 6) is 0.825. The number of benzene rings is 1. The molecule has 3 nitrogen and oxygen atoms in total. The summed E-state index contributed by atoms with van der Waals surface area (Å²) in [6, 6.07) is 5.65. The normalized spacial score (nSPS) is 9.38.